The Morgan fingerprint density at radius 1 is 1.19 bits per heavy atom. The van der Waals surface area contributed by atoms with Crippen LogP contribution in [0.4, 0.5) is 0 Å². The average Bonchev–Trinajstić information content (AvgIpc) is 3.15. The molecule has 2 aromatic rings. The van der Waals surface area contributed by atoms with Gasteiger partial charge in [-0.25, -0.2) is 0 Å². The summed E-state index contributed by atoms with van der Waals surface area (Å²) in [7, 11) is 0. The fourth-order valence-electron chi connectivity index (χ4n) is 4.96. The monoisotopic (exact) mass is 421 g/mol. The second-order valence-electron chi connectivity index (χ2n) is 8.88. The Hall–Kier alpha value is -2.49. The van der Waals surface area contributed by atoms with E-state index in [1.165, 1.54) is 55.0 Å². The molecule has 2 aliphatic rings. The molecule has 4 heteroatoms. The molecule has 0 bridgehead atoms. The molecule has 1 N–H and O–H groups in total. The molecular formula is C27H35NO3. The van der Waals surface area contributed by atoms with Gasteiger partial charge in [-0.05, 0) is 83.8 Å². The molecule has 166 valence electrons. The van der Waals surface area contributed by atoms with Crippen LogP contribution in [0.2, 0.25) is 0 Å². The van der Waals surface area contributed by atoms with E-state index in [0.29, 0.717) is 13.2 Å². The van der Waals surface area contributed by atoms with E-state index in [1.54, 1.807) is 6.08 Å². The second kappa shape index (κ2) is 9.76. The highest BCUT2D eigenvalue weighted by Crippen LogP contribution is 2.41. The van der Waals surface area contributed by atoms with Gasteiger partial charge in [0, 0.05) is 41.1 Å². The van der Waals surface area contributed by atoms with Crippen molar-refractivity contribution in [3.63, 3.8) is 0 Å². The van der Waals surface area contributed by atoms with Crippen molar-refractivity contribution >= 4 is 22.4 Å². The number of hydrogen-bond acceptors (Lipinski definition) is 3. The Morgan fingerprint density at radius 3 is 2.77 bits per heavy atom. The quantitative estimate of drug-likeness (QED) is 0.414. The molecule has 1 amide bonds. The number of nitrogens with one attached hydrogen (secondary N) is 1. The van der Waals surface area contributed by atoms with Crippen LogP contribution in [0.3, 0.4) is 0 Å². The van der Waals surface area contributed by atoms with Crippen molar-refractivity contribution in [2.24, 2.45) is 0 Å². The van der Waals surface area contributed by atoms with Gasteiger partial charge in [0.15, 0.2) is 0 Å². The Kier molecular flexibility index (Phi) is 6.84. The van der Waals surface area contributed by atoms with Crippen LogP contribution in [0, 0.1) is 6.92 Å². The van der Waals surface area contributed by atoms with Crippen molar-refractivity contribution in [2.45, 2.75) is 78.6 Å². The number of carbonyl (C=O) groups excluding carboxylic acids is 1. The minimum absolute atomic E-state index is 0.0386. The SMILES string of the molecule is CCOc1c(/C(C)=C/C(=O)NCCC2=CCCCC2)cc2c3c(oc2c1C)CCCC3. The Balaban J connectivity index is 1.58. The van der Waals surface area contributed by atoms with Gasteiger partial charge in [-0.1, -0.05) is 11.6 Å². The van der Waals surface area contributed by atoms with Gasteiger partial charge in [-0.15, -0.1) is 0 Å². The average molecular weight is 422 g/mol. The Bertz CT molecular complexity index is 1030. The first-order valence-corrected chi connectivity index (χ1v) is 11.9. The van der Waals surface area contributed by atoms with Gasteiger partial charge in [0.2, 0.25) is 5.91 Å². The highest BCUT2D eigenvalue weighted by molar-refractivity contribution is 5.98. The number of amides is 1. The number of aryl methyl sites for hydroxylation is 3. The smallest absolute Gasteiger partial charge is 0.244 e. The lowest BCUT2D eigenvalue weighted by atomic mass is 9.93. The highest BCUT2D eigenvalue weighted by Gasteiger charge is 2.23. The number of fused-ring (bicyclic) bond motifs is 3. The minimum Gasteiger partial charge on any atom is -0.493 e. The Labute approximate surface area is 185 Å². The van der Waals surface area contributed by atoms with Crippen molar-refractivity contribution in [1.82, 2.24) is 5.32 Å². The summed E-state index contributed by atoms with van der Waals surface area (Å²) in [6.45, 7) is 7.33. The number of ether oxygens (including phenoxy) is 1. The first-order valence-electron chi connectivity index (χ1n) is 11.9. The highest BCUT2D eigenvalue weighted by atomic mass is 16.5. The molecule has 31 heavy (non-hydrogen) atoms. The van der Waals surface area contributed by atoms with E-state index in [9.17, 15) is 4.79 Å². The standard InChI is InChI=1S/C27H35NO3/c1-4-30-26-19(3)27-23(21-12-8-9-13-24(21)31-27)17-22(26)18(2)16-25(29)28-15-14-20-10-6-5-7-11-20/h10,16-17H,4-9,11-15H2,1-3H3,(H,28,29)/b18-16+. The molecule has 0 saturated heterocycles. The Morgan fingerprint density at radius 2 is 2.00 bits per heavy atom. The zero-order valence-electron chi connectivity index (χ0n) is 19.2. The first kappa shape index (κ1) is 21.7. The summed E-state index contributed by atoms with van der Waals surface area (Å²) in [5, 5.41) is 4.25. The molecule has 0 spiro atoms. The van der Waals surface area contributed by atoms with Gasteiger partial charge in [-0.3, -0.25) is 4.79 Å². The van der Waals surface area contributed by atoms with Crippen molar-refractivity contribution in [1.29, 1.82) is 0 Å². The third kappa shape index (κ3) is 4.73. The molecule has 0 saturated carbocycles. The lowest BCUT2D eigenvalue weighted by molar-refractivity contribution is -0.116. The number of allylic oxidation sites excluding steroid dienone is 2. The molecule has 0 atom stereocenters. The van der Waals surface area contributed by atoms with Crippen LogP contribution in [0.1, 0.15) is 81.2 Å². The van der Waals surface area contributed by atoms with E-state index in [4.69, 9.17) is 9.15 Å². The molecule has 1 aromatic heterocycles. The van der Waals surface area contributed by atoms with E-state index in [1.807, 2.05) is 13.8 Å². The molecule has 2 aliphatic carbocycles. The predicted molar refractivity (Wildman–Crippen MR) is 127 cm³/mol. The van der Waals surface area contributed by atoms with Gasteiger partial charge in [-0.2, -0.15) is 0 Å². The summed E-state index contributed by atoms with van der Waals surface area (Å²) in [6.07, 6.45) is 14.4. The molecule has 0 unspecified atom stereocenters. The zero-order chi connectivity index (χ0) is 21.8. The molecule has 0 aliphatic heterocycles. The maximum atomic E-state index is 12.6. The zero-order valence-corrected chi connectivity index (χ0v) is 19.2. The fourth-order valence-corrected chi connectivity index (χ4v) is 4.96. The lowest BCUT2D eigenvalue weighted by Gasteiger charge is -2.15. The van der Waals surface area contributed by atoms with Crippen LogP contribution < -0.4 is 10.1 Å². The fraction of sp³-hybridized carbons (Fsp3) is 0.519. The van der Waals surface area contributed by atoms with Crippen LogP contribution in [0.15, 0.2) is 28.2 Å². The van der Waals surface area contributed by atoms with Crippen molar-refractivity contribution in [2.75, 3.05) is 13.2 Å². The van der Waals surface area contributed by atoms with Crippen LogP contribution in [-0.2, 0) is 17.6 Å². The maximum absolute atomic E-state index is 12.6. The molecule has 4 nitrogen and oxygen atoms in total. The third-order valence-corrected chi connectivity index (χ3v) is 6.62. The van der Waals surface area contributed by atoms with Crippen LogP contribution >= 0.6 is 0 Å². The van der Waals surface area contributed by atoms with E-state index in [-0.39, 0.29) is 5.91 Å². The van der Waals surface area contributed by atoms with Gasteiger partial charge >= 0.3 is 0 Å². The molecule has 4 rings (SSSR count). The number of benzene rings is 1. The van der Waals surface area contributed by atoms with Crippen molar-refractivity contribution in [3.05, 3.63) is 46.2 Å². The summed E-state index contributed by atoms with van der Waals surface area (Å²) in [5.74, 6) is 1.92. The summed E-state index contributed by atoms with van der Waals surface area (Å²) in [5.41, 5.74) is 6.71. The van der Waals surface area contributed by atoms with Gasteiger partial charge in [0.05, 0.1) is 6.61 Å². The lowest BCUT2D eigenvalue weighted by Crippen LogP contribution is -2.23. The first-order chi connectivity index (χ1) is 15.1. The molecule has 0 radical (unpaired) electrons. The summed E-state index contributed by atoms with van der Waals surface area (Å²) < 4.78 is 12.3. The summed E-state index contributed by atoms with van der Waals surface area (Å²) >= 11 is 0. The maximum Gasteiger partial charge on any atom is 0.244 e. The normalized spacial score (nSPS) is 16.7. The minimum atomic E-state index is -0.0386. The number of furan rings is 1. The third-order valence-electron chi connectivity index (χ3n) is 6.62. The topological polar surface area (TPSA) is 51.5 Å². The van der Waals surface area contributed by atoms with Crippen LogP contribution in [0.5, 0.6) is 5.75 Å². The number of hydrogen-bond donors (Lipinski definition) is 1. The summed E-state index contributed by atoms with van der Waals surface area (Å²) in [4.78, 5) is 12.6. The van der Waals surface area contributed by atoms with Gasteiger partial charge < -0.3 is 14.5 Å². The molecular weight excluding hydrogens is 386 g/mol. The second-order valence-corrected chi connectivity index (χ2v) is 8.88. The number of carbonyl (C=O) groups is 1. The number of rotatable bonds is 7. The molecule has 1 aromatic carbocycles. The van der Waals surface area contributed by atoms with Gasteiger partial charge in [0.1, 0.15) is 17.1 Å². The van der Waals surface area contributed by atoms with Crippen molar-refractivity contribution in [3.8, 4) is 5.75 Å². The largest absolute Gasteiger partial charge is 0.493 e. The van der Waals surface area contributed by atoms with E-state index < -0.39 is 0 Å². The van der Waals surface area contributed by atoms with Crippen LogP contribution in [0.25, 0.3) is 16.5 Å². The van der Waals surface area contributed by atoms with E-state index in [0.717, 1.165) is 53.1 Å². The van der Waals surface area contributed by atoms with E-state index in [2.05, 4.69) is 24.4 Å². The van der Waals surface area contributed by atoms with E-state index >= 15 is 0 Å². The van der Waals surface area contributed by atoms with Crippen LogP contribution in [-0.4, -0.2) is 19.1 Å². The summed E-state index contributed by atoms with van der Waals surface area (Å²) in [6, 6.07) is 2.17. The molecule has 0 fully saturated rings. The predicted octanol–water partition coefficient (Wildman–Crippen LogP) is 6.43. The molecule has 1 heterocycles. The van der Waals surface area contributed by atoms with Crippen molar-refractivity contribution < 1.29 is 13.9 Å². The van der Waals surface area contributed by atoms with Gasteiger partial charge in [0.25, 0.3) is 0 Å².